The van der Waals surface area contributed by atoms with Gasteiger partial charge in [-0.1, -0.05) is 0 Å². The molecule has 0 saturated carbocycles. The standard InChI is InChI=1S/C14H19FN2O/c1-14(2)10-17(7-6-16(14)3)13-5-4-11(9-18)8-12(13)15/h4-5,8-9H,6-7,10H2,1-3H3. The van der Waals surface area contributed by atoms with Crippen molar-refractivity contribution >= 4 is 12.0 Å². The summed E-state index contributed by atoms with van der Waals surface area (Å²) in [5.74, 6) is -0.319. The molecule has 2 rings (SSSR count). The van der Waals surface area contributed by atoms with Crippen molar-refractivity contribution in [1.29, 1.82) is 0 Å². The van der Waals surface area contributed by atoms with Crippen molar-refractivity contribution in [2.75, 3.05) is 31.6 Å². The summed E-state index contributed by atoms with van der Waals surface area (Å²) < 4.78 is 14.0. The van der Waals surface area contributed by atoms with Crippen LogP contribution >= 0.6 is 0 Å². The zero-order valence-corrected chi connectivity index (χ0v) is 11.1. The predicted molar refractivity (Wildman–Crippen MR) is 70.7 cm³/mol. The van der Waals surface area contributed by atoms with Crippen LogP contribution in [0.5, 0.6) is 0 Å². The van der Waals surface area contributed by atoms with Crippen LogP contribution in [0.1, 0.15) is 24.2 Å². The van der Waals surface area contributed by atoms with E-state index >= 15 is 0 Å². The lowest BCUT2D eigenvalue weighted by Gasteiger charge is -2.46. The average Bonchev–Trinajstić information content (AvgIpc) is 2.32. The number of hydrogen-bond donors (Lipinski definition) is 0. The van der Waals surface area contributed by atoms with Gasteiger partial charge in [-0.15, -0.1) is 0 Å². The summed E-state index contributed by atoms with van der Waals surface area (Å²) in [7, 11) is 2.09. The van der Waals surface area contributed by atoms with Crippen molar-refractivity contribution in [3.05, 3.63) is 29.6 Å². The van der Waals surface area contributed by atoms with Gasteiger partial charge in [0.2, 0.25) is 0 Å². The molecule has 0 atom stereocenters. The lowest BCUT2D eigenvalue weighted by molar-refractivity contribution is 0.112. The van der Waals surface area contributed by atoms with E-state index < -0.39 is 0 Å². The first-order valence-corrected chi connectivity index (χ1v) is 6.15. The fourth-order valence-corrected chi connectivity index (χ4v) is 2.30. The fourth-order valence-electron chi connectivity index (χ4n) is 2.30. The van der Waals surface area contributed by atoms with E-state index in [1.165, 1.54) is 6.07 Å². The minimum Gasteiger partial charge on any atom is -0.366 e. The van der Waals surface area contributed by atoms with E-state index in [0.29, 0.717) is 17.5 Å². The third-order valence-electron chi connectivity index (χ3n) is 3.76. The molecule has 0 aromatic heterocycles. The number of piperazine rings is 1. The zero-order valence-electron chi connectivity index (χ0n) is 11.1. The number of anilines is 1. The zero-order chi connectivity index (χ0) is 13.3. The predicted octanol–water partition coefficient (Wildman–Crippen LogP) is 2.17. The topological polar surface area (TPSA) is 23.6 Å². The van der Waals surface area contributed by atoms with Crippen molar-refractivity contribution < 1.29 is 9.18 Å². The molecule has 1 aliphatic rings. The van der Waals surface area contributed by atoms with Crippen molar-refractivity contribution in [3.8, 4) is 0 Å². The van der Waals surface area contributed by atoms with Gasteiger partial charge in [0.25, 0.3) is 0 Å². The maximum absolute atomic E-state index is 14.0. The molecule has 0 aliphatic carbocycles. The Labute approximate surface area is 107 Å². The Morgan fingerprint density at radius 1 is 1.33 bits per heavy atom. The Bertz CT molecular complexity index is 459. The Balaban J connectivity index is 2.25. The number of carbonyl (C=O) groups excluding carboxylic acids is 1. The second-order valence-corrected chi connectivity index (χ2v) is 5.48. The first-order valence-electron chi connectivity index (χ1n) is 6.15. The normalized spacial score (nSPS) is 19.9. The maximum atomic E-state index is 14.0. The number of benzene rings is 1. The van der Waals surface area contributed by atoms with Crippen LogP contribution in [0, 0.1) is 5.82 Å². The van der Waals surface area contributed by atoms with Gasteiger partial charge >= 0.3 is 0 Å². The third-order valence-corrected chi connectivity index (χ3v) is 3.76. The number of aldehydes is 1. The highest BCUT2D eigenvalue weighted by molar-refractivity contribution is 5.76. The smallest absolute Gasteiger partial charge is 0.150 e. The van der Waals surface area contributed by atoms with E-state index in [0.717, 1.165) is 19.6 Å². The number of hydrogen-bond acceptors (Lipinski definition) is 3. The summed E-state index contributed by atoms with van der Waals surface area (Å²) in [5.41, 5.74) is 0.986. The summed E-state index contributed by atoms with van der Waals surface area (Å²) >= 11 is 0. The van der Waals surface area contributed by atoms with Gasteiger partial charge in [0.15, 0.2) is 0 Å². The van der Waals surface area contributed by atoms with Crippen LogP contribution in [0.25, 0.3) is 0 Å². The van der Waals surface area contributed by atoms with E-state index in [1.54, 1.807) is 12.1 Å². The van der Waals surface area contributed by atoms with Crippen molar-refractivity contribution in [1.82, 2.24) is 4.90 Å². The first kappa shape index (κ1) is 13.0. The van der Waals surface area contributed by atoms with E-state index in [2.05, 4.69) is 25.8 Å². The lowest BCUT2D eigenvalue weighted by atomic mass is 9.99. The van der Waals surface area contributed by atoms with Crippen molar-refractivity contribution in [3.63, 3.8) is 0 Å². The molecule has 0 spiro atoms. The van der Waals surface area contributed by atoms with E-state index in [9.17, 15) is 9.18 Å². The van der Waals surface area contributed by atoms with E-state index in [-0.39, 0.29) is 11.4 Å². The van der Waals surface area contributed by atoms with Gasteiger partial charge in [-0.05, 0) is 39.1 Å². The molecule has 0 unspecified atom stereocenters. The van der Waals surface area contributed by atoms with Crippen LogP contribution in [0.15, 0.2) is 18.2 Å². The largest absolute Gasteiger partial charge is 0.366 e. The third kappa shape index (κ3) is 2.38. The summed E-state index contributed by atoms with van der Waals surface area (Å²) in [4.78, 5) is 14.9. The monoisotopic (exact) mass is 250 g/mol. The highest BCUT2D eigenvalue weighted by atomic mass is 19.1. The Hall–Kier alpha value is -1.42. The molecule has 1 aromatic rings. The summed E-state index contributed by atoms with van der Waals surface area (Å²) in [6, 6.07) is 4.66. The van der Waals surface area contributed by atoms with Crippen LogP contribution < -0.4 is 4.90 Å². The van der Waals surface area contributed by atoms with Gasteiger partial charge < -0.3 is 4.90 Å². The minimum atomic E-state index is -0.319. The second-order valence-electron chi connectivity index (χ2n) is 5.48. The van der Waals surface area contributed by atoms with Crippen LogP contribution in [0.4, 0.5) is 10.1 Å². The molecule has 0 amide bonds. The molecule has 0 N–H and O–H groups in total. The fraction of sp³-hybridized carbons (Fsp3) is 0.500. The Morgan fingerprint density at radius 3 is 2.61 bits per heavy atom. The summed E-state index contributed by atoms with van der Waals surface area (Å²) in [6.07, 6.45) is 0.667. The van der Waals surface area contributed by atoms with Crippen LogP contribution in [-0.4, -0.2) is 43.4 Å². The van der Waals surface area contributed by atoms with Gasteiger partial charge in [-0.2, -0.15) is 0 Å². The molecule has 1 aliphatic heterocycles. The molecule has 98 valence electrons. The van der Waals surface area contributed by atoms with Crippen LogP contribution in [-0.2, 0) is 0 Å². The minimum absolute atomic E-state index is 0.0218. The maximum Gasteiger partial charge on any atom is 0.150 e. The van der Waals surface area contributed by atoms with Crippen LogP contribution in [0.2, 0.25) is 0 Å². The highest BCUT2D eigenvalue weighted by Crippen LogP contribution is 2.26. The molecular weight excluding hydrogens is 231 g/mol. The van der Waals surface area contributed by atoms with Crippen molar-refractivity contribution in [2.45, 2.75) is 19.4 Å². The van der Waals surface area contributed by atoms with E-state index in [1.807, 2.05) is 4.90 Å². The number of nitrogens with zero attached hydrogens (tertiary/aromatic N) is 2. The number of likely N-dealkylation sites (N-methyl/N-ethyl adjacent to an activating group) is 1. The average molecular weight is 250 g/mol. The lowest BCUT2D eigenvalue weighted by Crippen LogP contribution is -2.57. The number of rotatable bonds is 2. The molecule has 1 fully saturated rings. The molecule has 1 heterocycles. The second kappa shape index (κ2) is 4.69. The van der Waals surface area contributed by atoms with Gasteiger partial charge in [0.05, 0.1) is 5.69 Å². The van der Waals surface area contributed by atoms with Crippen LogP contribution in [0.3, 0.4) is 0 Å². The molecule has 0 bridgehead atoms. The molecular formula is C14H19FN2O. The van der Waals surface area contributed by atoms with Gasteiger partial charge in [-0.25, -0.2) is 4.39 Å². The SMILES string of the molecule is CN1CCN(c2ccc(C=O)cc2F)CC1(C)C. The van der Waals surface area contributed by atoms with Gasteiger partial charge in [0.1, 0.15) is 12.1 Å². The number of carbonyl (C=O) groups is 1. The van der Waals surface area contributed by atoms with E-state index in [4.69, 9.17) is 0 Å². The Morgan fingerprint density at radius 2 is 2.06 bits per heavy atom. The molecule has 3 nitrogen and oxygen atoms in total. The molecule has 1 saturated heterocycles. The Kier molecular flexibility index (Phi) is 3.39. The quantitative estimate of drug-likeness (QED) is 0.752. The van der Waals surface area contributed by atoms with Gasteiger partial charge in [0, 0.05) is 30.7 Å². The molecule has 1 aromatic carbocycles. The summed E-state index contributed by atoms with van der Waals surface area (Å²) in [5, 5.41) is 0. The molecule has 18 heavy (non-hydrogen) atoms. The molecule has 0 radical (unpaired) electrons. The number of halogens is 1. The van der Waals surface area contributed by atoms with Crippen molar-refractivity contribution in [2.24, 2.45) is 0 Å². The summed E-state index contributed by atoms with van der Waals surface area (Å²) in [6.45, 7) is 6.79. The van der Waals surface area contributed by atoms with Gasteiger partial charge in [-0.3, -0.25) is 9.69 Å². The molecule has 4 heteroatoms. The highest BCUT2D eigenvalue weighted by Gasteiger charge is 2.31. The first-order chi connectivity index (χ1) is 8.44.